The molecule has 0 atom stereocenters. The molecule has 8 heteroatoms. The largest absolute Gasteiger partial charge is 0.378 e. The molecule has 1 rings (SSSR count). The van der Waals surface area contributed by atoms with Gasteiger partial charge in [-0.15, -0.1) is 0 Å². The van der Waals surface area contributed by atoms with Crippen molar-refractivity contribution in [3.8, 4) is 0 Å². The van der Waals surface area contributed by atoms with Gasteiger partial charge in [0, 0.05) is 37.7 Å². The molecule has 0 saturated heterocycles. The van der Waals surface area contributed by atoms with Gasteiger partial charge in [-0.3, -0.25) is 14.4 Å². The maximum absolute atomic E-state index is 12.0. The Labute approximate surface area is 154 Å². The van der Waals surface area contributed by atoms with Gasteiger partial charge in [0.05, 0.1) is 6.42 Å². The lowest BCUT2D eigenvalue weighted by molar-refractivity contribution is -0.139. The zero-order chi connectivity index (χ0) is 19.7. The Balaban J connectivity index is 2.46. The van der Waals surface area contributed by atoms with E-state index in [9.17, 15) is 14.4 Å². The third kappa shape index (κ3) is 7.78. The Morgan fingerprint density at radius 3 is 2.23 bits per heavy atom. The van der Waals surface area contributed by atoms with Crippen molar-refractivity contribution < 1.29 is 14.4 Å². The normalized spacial score (nSPS) is 11.1. The average Bonchev–Trinajstić information content (AvgIpc) is 2.57. The van der Waals surface area contributed by atoms with E-state index >= 15 is 0 Å². The van der Waals surface area contributed by atoms with E-state index in [0.29, 0.717) is 17.9 Å². The van der Waals surface area contributed by atoms with E-state index in [1.54, 1.807) is 19.1 Å². The molecule has 0 aromatic heterocycles. The fourth-order valence-electron chi connectivity index (χ4n) is 1.89. The highest BCUT2D eigenvalue weighted by molar-refractivity contribution is 6.35. The van der Waals surface area contributed by atoms with Gasteiger partial charge < -0.3 is 15.5 Å². The summed E-state index contributed by atoms with van der Waals surface area (Å²) in [5, 5.41) is 9.02. The highest BCUT2D eigenvalue weighted by Gasteiger charge is 2.13. The van der Waals surface area contributed by atoms with E-state index in [0.717, 1.165) is 5.69 Å². The summed E-state index contributed by atoms with van der Waals surface area (Å²) in [5.74, 6) is -1.62. The maximum atomic E-state index is 12.0. The summed E-state index contributed by atoms with van der Waals surface area (Å²) >= 11 is 0. The molecule has 0 bridgehead atoms. The van der Waals surface area contributed by atoms with Gasteiger partial charge in [0.2, 0.25) is 5.91 Å². The molecule has 0 aliphatic rings. The Bertz CT molecular complexity index is 666. The summed E-state index contributed by atoms with van der Waals surface area (Å²) in [6.07, 6.45) is 0.00330. The number of benzene rings is 1. The lowest BCUT2D eigenvalue weighted by Crippen LogP contribution is -2.39. The summed E-state index contributed by atoms with van der Waals surface area (Å²) in [7, 11) is 3.87. The van der Waals surface area contributed by atoms with E-state index in [4.69, 9.17) is 0 Å². The number of carbonyl (C=O) groups is 3. The molecule has 0 spiro atoms. The number of hydrogen-bond acceptors (Lipinski definition) is 5. The van der Waals surface area contributed by atoms with Crippen molar-refractivity contribution in [2.45, 2.75) is 27.2 Å². The molecule has 3 amide bonds. The number of carbonyl (C=O) groups excluding carboxylic acids is 3. The molecule has 0 aliphatic heterocycles. The number of amides is 3. The molecule has 0 radical (unpaired) electrons. The highest BCUT2D eigenvalue weighted by atomic mass is 16.2. The van der Waals surface area contributed by atoms with Crippen LogP contribution in [0.1, 0.15) is 27.2 Å². The first-order valence-electron chi connectivity index (χ1n) is 8.37. The molecule has 0 fully saturated rings. The van der Waals surface area contributed by atoms with Gasteiger partial charge in [-0.1, -0.05) is 13.8 Å². The van der Waals surface area contributed by atoms with Crippen molar-refractivity contribution >= 4 is 34.8 Å². The second-order valence-electron chi connectivity index (χ2n) is 6.56. The van der Waals surface area contributed by atoms with E-state index in [2.05, 4.69) is 21.2 Å². The minimum atomic E-state index is -0.857. The first kappa shape index (κ1) is 21.1. The smallest absolute Gasteiger partial charge is 0.329 e. The number of hydrazone groups is 1. The average molecular weight is 361 g/mol. The molecular formula is C18H27N5O3. The number of anilines is 2. The molecule has 26 heavy (non-hydrogen) atoms. The summed E-state index contributed by atoms with van der Waals surface area (Å²) in [5.41, 5.74) is 4.23. The van der Waals surface area contributed by atoms with Crippen LogP contribution in [0.2, 0.25) is 0 Å². The van der Waals surface area contributed by atoms with Crippen LogP contribution in [0.15, 0.2) is 29.4 Å². The van der Waals surface area contributed by atoms with Gasteiger partial charge in [0.25, 0.3) is 0 Å². The molecule has 0 heterocycles. The van der Waals surface area contributed by atoms with Crippen molar-refractivity contribution in [3.63, 3.8) is 0 Å². The minimum Gasteiger partial charge on any atom is -0.378 e. The van der Waals surface area contributed by atoms with Crippen LogP contribution < -0.4 is 21.0 Å². The Morgan fingerprint density at radius 2 is 1.69 bits per heavy atom. The van der Waals surface area contributed by atoms with Crippen molar-refractivity contribution in [1.29, 1.82) is 0 Å². The van der Waals surface area contributed by atoms with E-state index in [1.807, 2.05) is 45.0 Å². The standard InChI is InChI=1S/C18H27N5O3/c1-12(2)11-19-17(25)18(26)22-21-13(3)10-16(24)20-14-6-8-15(9-7-14)23(4)5/h6-9,12H,10-11H2,1-5H3,(H,19,25)(H,20,24)(H,22,26). The quantitative estimate of drug-likeness (QED) is 0.387. The monoisotopic (exact) mass is 361 g/mol. The minimum absolute atomic E-state index is 0.00330. The molecular weight excluding hydrogens is 334 g/mol. The number of hydrogen-bond donors (Lipinski definition) is 3. The molecule has 0 saturated carbocycles. The summed E-state index contributed by atoms with van der Waals surface area (Å²) in [4.78, 5) is 37.1. The Morgan fingerprint density at radius 1 is 1.08 bits per heavy atom. The van der Waals surface area contributed by atoms with Crippen LogP contribution in [0, 0.1) is 5.92 Å². The third-order valence-electron chi connectivity index (χ3n) is 3.31. The topological polar surface area (TPSA) is 103 Å². The predicted octanol–water partition coefficient (Wildman–Crippen LogP) is 1.35. The van der Waals surface area contributed by atoms with Crippen molar-refractivity contribution in [2.75, 3.05) is 30.9 Å². The van der Waals surface area contributed by atoms with Gasteiger partial charge in [-0.05, 0) is 37.1 Å². The number of nitrogens with one attached hydrogen (secondary N) is 3. The Hall–Kier alpha value is -2.90. The van der Waals surface area contributed by atoms with Gasteiger partial charge in [0.15, 0.2) is 0 Å². The second kappa shape index (κ2) is 10.2. The first-order chi connectivity index (χ1) is 12.2. The number of nitrogens with zero attached hydrogens (tertiary/aromatic N) is 2. The molecule has 8 nitrogen and oxygen atoms in total. The van der Waals surface area contributed by atoms with Crippen LogP contribution in [0.4, 0.5) is 11.4 Å². The second-order valence-corrected chi connectivity index (χ2v) is 6.56. The highest BCUT2D eigenvalue weighted by Crippen LogP contribution is 2.15. The molecule has 0 unspecified atom stereocenters. The van der Waals surface area contributed by atoms with Gasteiger partial charge in [-0.25, -0.2) is 5.43 Å². The first-order valence-corrected chi connectivity index (χ1v) is 8.37. The van der Waals surface area contributed by atoms with Gasteiger partial charge in [-0.2, -0.15) is 5.10 Å². The van der Waals surface area contributed by atoms with Crippen LogP contribution in [0.3, 0.4) is 0 Å². The summed E-state index contributed by atoms with van der Waals surface area (Å²) in [6, 6.07) is 7.40. The van der Waals surface area contributed by atoms with Crippen LogP contribution >= 0.6 is 0 Å². The van der Waals surface area contributed by atoms with Gasteiger partial charge in [0.1, 0.15) is 0 Å². The van der Waals surface area contributed by atoms with E-state index < -0.39 is 11.8 Å². The number of rotatable bonds is 7. The zero-order valence-corrected chi connectivity index (χ0v) is 15.9. The molecule has 142 valence electrons. The van der Waals surface area contributed by atoms with Crippen LogP contribution in [0.5, 0.6) is 0 Å². The van der Waals surface area contributed by atoms with Crippen molar-refractivity contribution in [1.82, 2.24) is 10.7 Å². The molecule has 1 aromatic rings. The van der Waals surface area contributed by atoms with Crippen LogP contribution in [-0.2, 0) is 14.4 Å². The summed E-state index contributed by atoms with van der Waals surface area (Å²) in [6.45, 7) is 5.85. The van der Waals surface area contributed by atoms with E-state index in [1.165, 1.54) is 0 Å². The summed E-state index contributed by atoms with van der Waals surface area (Å²) < 4.78 is 0. The fourth-order valence-corrected chi connectivity index (χ4v) is 1.89. The van der Waals surface area contributed by atoms with Crippen LogP contribution in [-0.4, -0.2) is 44.1 Å². The van der Waals surface area contributed by atoms with E-state index in [-0.39, 0.29) is 18.2 Å². The molecule has 1 aromatic carbocycles. The SMILES string of the molecule is CC(CC(=O)Nc1ccc(N(C)C)cc1)=NNC(=O)C(=O)NCC(C)C. The maximum Gasteiger partial charge on any atom is 0.329 e. The van der Waals surface area contributed by atoms with Gasteiger partial charge >= 0.3 is 11.8 Å². The molecule has 3 N–H and O–H groups in total. The Kier molecular flexibility index (Phi) is 8.27. The zero-order valence-electron chi connectivity index (χ0n) is 15.9. The third-order valence-corrected chi connectivity index (χ3v) is 3.31. The van der Waals surface area contributed by atoms with Crippen molar-refractivity contribution in [3.05, 3.63) is 24.3 Å². The van der Waals surface area contributed by atoms with Crippen molar-refractivity contribution in [2.24, 2.45) is 11.0 Å². The lowest BCUT2D eigenvalue weighted by atomic mass is 10.2. The fraction of sp³-hybridized carbons (Fsp3) is 0.444. The predicted molar refractivity (Wildman–Crippen MR) is 103 cm³/mol. The molecule has 0 aliphatic carbocycles. The lowest BCUT2D eigenvalue weighted by Gasteiger charge is -2.13. The van der Waals surface area contributed by atoms with Crippen LogP contribution in [0.25, 0.3) is 0 Å².